The number of nitrogens with zero attached hydrogens (tertiary/aromatic N) is 3. The maximum Gasteiger partial charge on any atom is 0.257 e. The number of amides is 1. The summed E-state index contributed by atoms with van der Waals surface area (Å²) in [4.78, 5) is 23.1. The van der Waals surface area contributed by atoms with E-state index in [9.17, 15) is 4.79 Å². The molecule has 2 aliphatic rings. The van der Waals surface area contributed by atoms with Crippen LogP contribution in [-0.4, -0.2) is 40.5 Å². The number of rotatable bonds is 5. The molecule has 4 rings (SSSR count). The molecule has 1 aliphatic carbocycles. The number of piperidine rings is 1. The lowest BCUT2D eigenvalue weighted by Crippen LogP contribution is -2.39. The van der Waals surface area contributed by atoms with Crippen LogP contribution in [0, 0.1) is 19.8 Å². The molecule has 1 saturated carbocycles. The summed E-state index contributed by atoms with van der Waals surface area (Å²) < 4.78 is 11.4. The van der Waals surface area contributed by atoms with Crippen molar-refractivity contribution in [3.63, 3.8) is 0 Å². The predicted molar refractivity (Wildman–Crippen MR) is 96.3 cm³/mol. The van der Waals surface area contributed by atoms with Crippen molar-refractivity contribution in [3.8, 4) is 5.88 Å². The number of aromatic nitrogens is 2. The van der Waals surface area contributed by atoms with Gasteiger partial charge in [-0.1, -0.05) is 0 Å². The van der Waals surface area contributed by atoms with Crippen molar-refractivity contribution in [1.82, 2.24) is 14.9 Å². The Balaban J connectivity index is 1.28. The van der Waals surface area contributed by atoms with Crippen molar-refractivity contribution in [2.75, 3.05) is 19.7 Å². The van der Waals surface area contributed by atoms with Crippen LogP contribution < -0.4 is 4.74 Å². The molecule has 0 spiro atoms. The number of hydrogen-bond donors (Lipinski definition) is 0. The van der Waals surface area contributed by atoms with Crippen molar-refractivity contribution in [2.24, 2.45) is 5.92 Å². The molecule has 0 unspecified atom stereocenters. The van der Waals surface area contributed by atoms with Gasteiger partial charge in [-0.3, -0.25) is 4.79 Å². The van der Waals surface area contributed by atoms with Crippen LogP contribution in [-0.2, 0) is 0 Å². The van der Waals surface area contributed by atoms with Gasteiger partial charge in [-0.05, 0) is 51.5 Å². The fourth-order valence-electron chi connectivity index (χ4n) is 3.55. The molecule has 1 saturated heterocycles. The quantitative estimate of drug-likeness (QED) is 0.821. The second-order valence-electron chi connectivity index (χ2n) is 7.43. The Morgan fingerprint density at radius 1 is 1.19 bits per heavy atom. The van der Waals surface area contributed by atoms with Crippen LogP contribution in [0.5, 0.6) is 5.88 Å². The molecule has 0 N–H and O–H groups in total. The van der Waals surface area contributed by atoms with Gasteiger partial charge in [-0.15, -0.1) is 0 Å². The minimum atomic E-state index is 0.0728. The smallest absolute Gasteiger partial charge is 0.257 e. The number of hydrogen-bond acceptors (Lipinski definition) is 5. The highest BCUT2D eigenvalue weighted by Crippen LogP contribution is 2.39. The van der Waals surface area contributed by atoms with Crippen molar-refractivity contribution < 1.29 is 13.9 Å². The minimum Gasteiger partial charge on any atom is -0.477 e. The zero-order valence-corrected chi connectivity index (χ0v) is 15.4. The topological polar surface area (TPSA) is 68.5 Å². The predicted octanol–water partition coefficient (Wildman–Crippen LogP) is 3.50. The number of likely N-dealkylation sites (tertiary alicyclic amines) is 1. The molecule has 1 amide bonds. The van der Waals surface area contributed by atoms with Crippen LogP contribution in [0.15, 0.2) is 22.9 Å². The molecule has 0 bridgehead atoms. The average Bonchev–Trinajstić information content (AvgIpc) is 3.45. The van der Waals surface area contributed by atoms with Crippen molar-refractivity contribution in [1.29, 1.82) is 0 Å². The van der Waals surface area contributed by atoms with E-state index in [1.807, 2.05) is 30.9 Å². The molecule has 0 atom stereocenters. The maximum absolute atomic E-state index is 12.6. The average molecular weight is 355 g/mol. The van der Waals surface area contributed by atoms with Gasteiger partial charge in [0.15, 0.2) is 0 Å². The summed E-state index contributed by atoms with van der Waals surface area (Å²) in [5, 5.41) is 0. The summed E-state index contributed by atoms with van der Waals surface area (Å²) in [5.74, 6) is 3.28. The number of carbonyl (C=O) groups is 1. The summed E-state index contributed by atoms with van der Waals surface area (Å²) >= 11 is 0. The fourth-order valence-corrected chi connectivity index (χ4v) is 3.55. The molecule has 6 nitrogen and oxygen atoms in total. The second kappa shape index (κ2) is 7.09. The van der Waals surface area contributed by atoms with E-state index in [-0.39, 0.29) is 5.91 Å². The third-order valence-electron chi connectivity index (χ3n) is 5.30. The highest BCUT2D eigenvalue weighted by Gasteiger charge is 2.27. The molecule has 3 heterocycles. The Hall–Kier alpha value is -2.37. The summed E-state index contributed by atoms with van der Waals surface area (Å²) in [7, 11) is 0. The lowest BCUT2D eigenvalue weighted by atomic mass is 9.97. The van der Waals surface area contributed by atoms with E-state index >= 15 is 0 Å². The molecule has 0 radical (unpaired) electrons. The van der Waals surface area contributed by atoms with Gasteiger partial charge in [0.25, 0.3) is 5.91 Å². The van der Waals surface area contributed by atoms with Crippen LogP contribution in [0.1, 0.15) is 59.2 Å². The number of aryl methyl sites for hydroxylation is 2. The van der Waals surface area contributed by atoms with E-state index in [2.05, 4.69) is 9.97 Å². The Morgan fingerprint density at radius 3 is 2.62 bits per heavy atom. The highest BCUT2D eigenvalue weighted by atomic mass is 16.5. The van der Waals surface area contributed by atoms with Crippen molar-refractivity contribution in [2.45, 2.75) is 45.4 Å². The summed E-state index contributed by atoms with van der Waals surface area (Å²) in [5.41, 5.74) is 1.78. The van der Waals surface area contributed by atoms with Crippen LogP contribution in [0.4, 0.5) is 0 Å². The molecule has 6 heteroatoms. The van der Waals surface area contributed by atoms with Gasteiger partial charge in [0.1, 0.15) is 17.8 Å². The van der Waals surface area contributed by atoms with Crippen LogP contribution in [0.2, 0.25) is 0 Å². The largest absolute Gasteiger partial charge is 0.477 e. The monoisotopic (exact) mass is 355 g/mol. The molecule has 0 aromatic carbocycles. The van der Waals surface area contributed by atoms with Gasteiger partial charge < -0.3 is 14.1 Å². The standard InChI is InChI=1S/C20H25N3O3/c1-13-9-17(14(2)26-13)20(24)23-7-5-15(6-8-23)11-25-19-10-18(16-3-4-16)21-12-22-19/h9-10,12,15-16H,3-8,11H2,1-2H3. The van der Waals surface area contributed by atoms with Gasteiger partial charge in [-0.2, -0.15) is 0 Å². The third-order valence-corrected chi connectivity index (χ3v) is 5.30. The van der Waals surface area contributed by atoms with Gasteiger partial charge in [0.2, 0.25) is 5.88 Å². The van der Waals surface area contributed by atoms with Gasteiger partial charge in [-0.25, -0.2) is 9.97 Å². The van der Waals surface area contributed by atoms with Crippen molar-refractivity contribution >= 4 is 5.91 Å². The minimum absolute atomic E-state index is 0.0728. The fraction of sp³-hybridized carbons (Fsp3) is 0.550. The Kier molecular flexibility index (Phi) is 4.66. The van der Waals surface area contributed by atoms with E-state index in [0.29, 0.717) is 35.6 Å². The van der Waals surface area contributed by atoms with E-state index in [4.69, 9.17) is 9.15 Å². The molecule has 2 fully saturated rings. The van der Waals surface area contributed by atoms with E-state index in [0.717, 1.165) is 37.4 Å². The summed E-state index contributed by atoms with van der Waals surface area (Å²) in [6, 6.07) is 3.81. The number of carbonyl (C=O) groups excluding carboxylic acids is 1. The molecule has 2 aromatic rings. The van der Waals surface area contributed by atoms with Crippen LogP contribution >= 0.6 is 0 Å². The number of ether oxygens (including phenoxy) is 1. The Bertz CT molecular complexity index is 789. The molecule has 26 heavy (non-hydrogen) atoms. The maximum atomic E-state index is 12.6. The first kappa shape index (κ1) is 17.1. The first-order valence-corrected chi connectivity index (χ1v) is 9.41. The molecule has 1 aliphatic heterocycles. The molecular weight excluding hydrogens is 330 g/mol. The Morgan fingerprint density at radius 2 is 1.96 bits per heavy atom. The van der Waals surface area contributed by atoms with Gasteiger partial charge in [0, 0.05) is 25.1 Å². The van der Waals surface area contributed by atoms with E-state index in [1.165, 1.54) is 12.8 Å². The van der Waals surface area contributed by atoms with Crippen LogP contribution in [0.3, 0.4) is 0 Å². The van der Waals surface area contributed by atoms with E-state index in [1.54, 1.807) is 6.33 Å². The highest BCUT2D eigenvalue weighted by molar-refractivity contribution is 5.95. The first-order chi connectivity index (χ1) is 12.6. The zero-order valence-electron chi connectivity index (χ0n) is 15.4. The lowest BCUT2D eigenvalue weighted by molar-refractivity contribution is 0.0657. The van der Waals surface area contributed by atoms with Gasteiger partial charge in [0.05, 0.1) is 17.9 Å². The summed E-state index contributed by atoms with van der Waals surface area (Å²) in [6.07, 6.45) is 5.93. The molecule has 138 valence electrons. The summed E-state index contributed by atoms with van der Waals surface area (Å²) in [6.45, 7) is 5.88. The Labute approximate surface area is 153 Å². The van der Waals surface area contributed by atoms with Crippen LogP contribution in [0.25, 0.3) is 0 Å². The van der Waals surface area contributed by atoms with Gasteiger partial charge >= 0.3 is 0 Å². The lowest BCUT2D eigenvalue weighted by Gasteiger charge is -2.31. The number of furan rings is 1. The SMILES string of the molecule is Cc1cc(C(=O)N2CCC(COc3cc(C4CC4)ncn3)CC2)c(C)o1. The second-order valence-corrected chi connectivity index (χ2v) is 7.43. The third kappa shape index (κ3) is 3.74. The zero-order chi connectivity index (χ0) is 18.1. The first-order valence-electron chi connectivity index (χ1n) is 9.41. The normalized spacial score (nSPS) is 18.2. The van der Waals surface area contributed by atoms with E-state index < -0.39 is 0 Å². The molecule has 2 aromatic heterocycles. The molecular formula is C20H25N3O3. The van der Waals surface area contributed by atoms with Crippen molar-refractivity contribution in [3.05, 3.63) is 41.2 Å².